The number of allylic oxidation sites excluding steroid dienone is 1. The van der Waals surface area contributed by atoms with E-state index in [1.807, 2.05) is 35.8 Å². The van der Waals surface area contributed by atoms with Crippen LogP contribution < -0.4 is 0 Å². The Balaban J connectivity index is 2.10. The SMILES string of the molecule is C=CCn1c(C)nnc1SCc1cccc(C(=O)OC)c1. The standard InChI is InChI=1S/C15H17N3O2S/c1-4-8-18-11(2)16-17-15(18)21-10-12-6-5-7-13(9-12)14(19)20-3/h4-7,9H,1,8,10H2,2-3H3. The van der Waals surface area contributed by atoms with Gasteiger partial charge in [0.2, 0.25) is 0 Å². The van der Waals surface area contributed by atoms with E-state index in [1.165, 1.54) is 7.11 Å². The lowest BCUT2D eigenvalue weighted by atomic mass is 10.1. The molecule has 0 N–H and O–H groups in total. The van der Waals surface area contributed by atoms with Crippen LogP contribution in [-0.4, -0.2) is 27.8 Å². The zero-order chi connectivity index (χ0) is 15.2. The zero-order valence-electron chi connectivity index (χ0n) is 12.1. The molecule has 110 valence electrons. The molecule has 0 amide bonds. The Labute approximate surface area is 128 Å². The largest absolute Gasteiger partial charge is 0.465 e. The molecule has 1 heterocycles. The van der Waals surface area contributed by atoms with E-state index in [2.05, 4.69) is 16.8 Å². The Morgan fingerprint density at radius 3 is 3.00 bits per heavy atom. The van der Waals surface area contributed by atoms with Crippen molar-refractivity contribution >= 4 is 17.7 Å². The molecule has 21 heavy (non-hydrogen) atoms. The lowest BCUT2D eigenvalue weighted by Gasteiger charge is -2.06. The maximum atomic E-state index is 11.5. The summed E-state index contributed by atoms with van der Waals surface area (Å²) < 4.78 is 6.73. The molecule has 5 nitrogen and oxygen atoms in total. The number of thioether (sulfide) groups is 1. The molecule has 0 saturated carbocycles. The molecule has 0 radical (unpaired) electrons. The predicted octanol–water partition coefficient (Wildman–Crippen LogP) is 2.85. The fraction of sp³-hybridized carbons (Fsp3) is 0.267. The van der Waals surface area contributed by atoms with Crippen LogP contribution in [0.1, 0.15) is 21.7 Å². The van der Waals surface area contributed by atoms with Crippen molar-refractivity contribution in [1.82, 2.24) is 14.8 Å². The second kappa shape index (κ2) is 7.08. The van der Waals surface area contributed by atoms with Gasteiger partial charge in [0, 0.05) is 12.3 Å². The summed E-state index contributed by atoms with van der Waals surface area (Å²) in [5.41, 5.74) is 1.59. The van der Waals surface area contributed by atoms with Crippen LogP contribution in [0.25, 0.3) is 0 Å². The first-order valence-corrected chi connectivity index (χ1v) is 7.45. The van der Waals surface area contributed by atoms with Crippen LogP contribution in [0.5, 0.6) is 0 Å². The molecular weight excluding hydrogens is 286 g/mol. The minimum absolute atomic E-state index is 0.326. The normalized spacial score (nSPS) is 10.4. The first kappa shape index (κ1) is 15.3. The summed E-state index contributed by atoms with van der Waals surface area (Å²) in [7, 11) is 1.38. The summed E-state index contributed by atoms with van der Waals surface area (Å²) in [6, 6.07) is 7.40. The lowest BCUT2D eigenvalue weighted by molar-refractivity contribution is 0.0600. The molecule has 2 aromatic rings. The number of aromatic nitrogens is 3. The molecule has 0 unspecified atom stereocenters. The van der Waals surface area contributed by atoms with Crippen molar-refractivity contribution < 1.29 is 9.53 Å². The Bertz CT molecular complexity index is 652. The predicted molar refractivity (Wildman–Crippen MR) is 82.3 cm³/mol. The monoisotopic (exact) mass is 303 g/mol. The minimum atomic E-state index is -0.326. The van der Waals surface area contributed by atoms with E-state index in [0.29, 0.717) is 17.9 Å². The van der Waals surface area contributed by atoms with Gasteiger partial charge in [0.15, 0.2) is 5.16 Å². The van der Waals surface area contributed by atoms with Gasteiger partial charge in [0.05, 0.1) is 12.7 Å². The van der Waals surface area contributed by atoms with E-state index in [0.717, 1.165) is 16.5 Å². The maximum absolute atomic E-state index is 11.5. The summed E-state index contributed by atoms with van der Waals surface area (Å²) in [4.78, 5) is 11.5. The summed E-state index contributed by atoms with van der Waals surface area (Å²) >= 11 is 1.58. The number of nitrogens with zero attached hydrogens (tertiary/aromatic N) is 3. The minimum Gasteiger partial charge on any atom is -0.465 e. The molecule has 6 heteroatoms. The number of hydrogen-bond donors (Lipinski definition) is 0. The van der Waals surface area contributed by atoms with E-state index in [-0.39, 0.29) is 5.97 Å². The number of rotatable bonds is 6. The molecule has 0 aliphatic carbocycles. The average molecular weight is 303 g/mol. The second-order valence-electron chi connectivity index (χ2n) is 4.41. The molecule has 0 bridgehead atoms. The van der Waals surface area contributed by atoms with E-state index in [9.17, 15) is 4.79 Å². The number of esters is 1. The van der Waals surface area contributed by atoms with Crippen LogP contribution in [0.15, 0.2) is 42.1 Å². The van der Waals surface area contributed by atoms with Crippen molar-refractivity contribution in [3.63, 3.8) is 0 Å². The second-order valence-corrected chi connectivity index (χ2v) is 5.35. The van der Waals surface area contributed by atoms with Gasteiger partial charge < -0.3 is 9.30 Å². The smallest absolute Gasteiger partial charge is 0.337 e. The molecule has 0 saturated heterocycles. The molecule has 0 aliphatic rings. The summed E-state index contributed by atoms with van der Waals surface area (Å²) in [5.74, 6) is 1.24. The van der Waals surface area contributed by atoms with E-state index < -0.39 is 0 Å². The van der Waals surface area contributed by atoms with Crippen molar-refractivity contribution in [2.24, 2.45) is 0 Å². The highest BCUT2D eigenvalue weighted by Crippen LogP contribution is 2.22. The molecule has 2 rings (SSSR count). The highest BCUT2D eigenvalue weighted by molar-refractivity contribution is 7.98. The van der Waals surface area contributed by atoms with Crippen LogP contribution in [0.2, 0.25) is 0 Å². The Morgan fingerprint density at radius 1 is 1.48 bits per heavy atom. The molecule has 0 atom stereocenters. The topological polar surface area (TPSA) is 57.0 Å². The van der Waals surface area contributed by atoms with Gasteiger partial charge in [0.1, 0.15) is 5.82 Å². The van der Waals surface area contributed by atoms with Crippen molar-refractivity contribution in [1.29, 1.82) is 0 Å². The van der Waals surface area contributed by atoms with E-state index >= 15 is 0 Å². The van der Waals surface area contributed by atoms with Gasteiger partial charge in [-0.15, -0.1) is 16.8 Å². The Hall–Kier alpha value is -2.08. The number of carbonyl (C=O) groups excluding carboxylic acids is 1. The van der Waals surface area contributed by atoms with Crippen molar-refractivity contribution in [3.8, 4) is 0 Å². The van der Waals surface area contributed by atoms with Gasteiger partial charge in [-0.3, -0.25) is 0 Å². The summed E-state index contributed by atoms with van der Waals surface area (Å²) in [5, 5.41) is 9.08. The van der Waals surface area contributed by atoms with E-state index in [4.69, 9.17) is 4.74 Å². The number of methoxy groups -OCH3 is 1. The van der Waals surface area contributed by atoms with Gasteiger partial charge in [-0.1, -0.05) is 30.0 Å². The highest BCUT2D eigenvalue weighted by atomic mass is 32.2. The molecule has 0 aliphatic heterocycles. The maximum Gasteiger partial charge on any atom is 0.337 e. The van der Waals surface area contributed by atoms with Gasteiger partial charge in [0.25, 0.3) is 0 Å². The number of carbonyl (C=O) groups is 1. The van der Waals surface area contributed by atoms with Crippen molar-refractivity contribution in [2.45, 2.75) is 24.4 Å². The molecule has 1 aromatic heterocycles. The van der Waals surface area contributed by atoms with Gasteiger partial charge in [-0.25, -0.2) is 4.79 Å². The summed E-state index contributed by atoms with van der Waals surface area (Å²) in [6.45, 7) is 6.34. The Morgan fingerprint density at radius 2 is 2.29 bits per heavy atom. The zero-order valence-corrected chi connectivity index (χ0v) is 12.9. The first-order valence-electron chi connectivity index (χ1n) is 6.46. The molecule has 0 spiro atoms. The number of benzene rings is 1. The average Bonchev–Trinajstić information content (AvgIpc) is 2.86. The third-order valence-corrected chi connectivity index (χ3v) is 3.97. The van der Waals surface area contributed by atoms with Gasteiger partial charge in [-0.2, -0.15) is 0 Å². The van der Waals surface area contributed by atoms with Crippen LogP contribution >= 0.6 is 11.8 Å². The fourth-order valence-corrected chi connectivity index (χ4v) is 2.80. The number of ether oxygens (including phenoxy) is 1. The Kier molecular flexibility index (Phi) is 5.16. The third kappa shape index (κ3) is 3.72. The lowest BCUT2D eigenvalue weighted by Crippen LogP contribution is -2.02. The quantitative estimate of drug-likeness (QED) is 0.466. The number of aryl methyl sites for hydroxylation is 1. The number of hydrogen-bond acceptors (Lipinski definition) is 5. The van der Waals surface area contributed by atoms with E-state index in [1.54, 1.807) is 17.8 Å². The van der Waals surface area contributed by atoms with Gasteiger partial charge in [-0.05, 0) is 24.6 Å². The highest BCUT2D eigenvalue weighted by Gasteiger charge is 2.10. The first-order chi connectivity index (χ1) is 10.2. The van der Waals surface area contributed by atoms with Crippen molar-refractivity contribution in [3.05, 3.63) is 53.9 Å². The van der Waals surface area contributed by atoms with Crippen LogP contribution in [0, 0.1) is 6.92 Å². The van der Waals surface area contributed by atoms with Crippen LogP contribution in [0.4, 0.5) is 0 Å². The summed E-state index contributed by atoms with van der Waals surface area (Å²) in [6.07, 6.45) is 1.82. The van der Waals surface area contributed by atoms with Crippen molar-refractivity contribution in [2.75, 3.05) is 7.11 Å². The van der Waals surface area contributed by atoms with Gasteiger partial charge >= 0.3 is 5.97 Å². The third-order valence-electron chi connectivity index (χ3n) is 2.93. The van der Waals surface area contributed by atoms with Crippen LogP contribution in [-0.2, 0) is 17.0 Å². The van der Waals surface area contributed by atoms with Crippen LogP contribution in [0.3, 0.4) is 0 Å². The fourth-order valence-electron chi connectivity index (χ4n) is 1.86. The molecular formula is C15H17N3O2S. The molecule has 0 fully saturated rings. The molecule has 1 aromatic carbocycles.